The van der Waals surface area contributed by atoms with Crippen LogP contribution in [0.1, 0.15) is 72.3 Å². The van der Waals surface area contributed by atoms with Crippen LogP contribution >= 0.6 is 0 Å². The van der Waals surface area contributed by atoms with Crippen molar-refractivity contribution in [3.05, 3.63) is 58.9 Å². The van der Waals surface area contributed by atoms with E-state index in [-0.39, 0.29) is 5.91 Å². The zero-order valence-corrected chi connectivity index (χ0v) is 17.3. The summed E-state index contributed by atoms with van der Waals surface area (Å²) in [5.74, 6) is 0.638. The quantitative estimate of drug-likeness (QED) is 0.652. The van der Waals surface area contributed by atoms with Crippen LogP contribution in [0.15, 0.2) is 36.4 Å². The summed E-state index contributed by atoms with van der Waals surface area (Å²) in [5.41, 5.74) is 4.78. The van der Waals surface area contributed by atoms with Gasteiger partial charge < -0.3 is 4.90 Å². The Kier molecular flexibility index (Phi) is 4.61. The van der Waals surface area contributed by atoms with Gasteiger partial charge in [-0.25, -0.2) is 9.67 Å². The molecule has 1 aliphatic heterocycles. The van der Waals surface area contributed by atoms with Gasteiger partial charge in [-0.3, -0.25) is 4.79 Å². The zero-order valence-electron chi connectivity index (χ0n) is 17.3. The molecule has 3 heterocycles. The van der Waals surface area contributed by atoms with E-state index in [0.717, 1.165) is 60.2 Å². The third-order valence-electron chi connectivity index (χ3n) is 6.36. The molecule has 3 aromatic rings. The molecule has 0 radical (unpaired) electrons. The van der Waals surface area contributed by atoms with Gasteiger partial charge in [0.05, 0.1) is 23.2 Å². The van der Waals surface area contributed by atoms with Crippen molar-refractivity contribution in [3.8, 4) is 0 Å². The van der Waals surface area contributed by atoms with E-state index in [9.17, 15) is 4.79 Å². The molecular formula is C24H28N4O. The van der Waals surface area contributed by atoms with Crippen molar-refractivity contribution in [2.24, 2.45) is 0 Å². The van der Waals surface area contributed by atoms with Gasteiger partial charge >= 0.3 is 0 Å². The number of rotatable bonds is 4. The number of hydrogen-bond acceptors (Lipinski definition) is 3. The van der Waals surface area contributed by atoms with Crippen LogP contribution in [0.3, 0.4) is 0 Å². The molecule has 1 amide bonds. The lowest BCUT2D eigenvalue weighted by molar-refractivity contribution is 0.0637. The Hall–Kier alpha value is -2.69. The summed E-state index contributed by atoms with van der Waals surface area (Å²) in [6, 6.07) is 12.7. The van der Waals surface area contributed by atoms with Gasteiger partial charge in [0.25, 0.3) is 5.91 Å². The third kappa shape index (κ3) is 3.43. The highest BCUT2D eigenvalue weighted by Crippen LogP contribution is 2.41. The molecule has 150 valence electrons. The number of fused-ring (bicyclic) bond motifs is 1. The fourth-order valence-corrected chi connectivity index (χ4v) is 4.55. The summed E-state index contributed by atoms with van der Waals surface area (Å²) in [4.78, 5) is 20.6. The number of carbonyl (C=O) groups is 1. The van der Waals surface area contributed by atoms with E-state index in [1.165, 1.54) is 12.0 Å². The van der Waals surface area contributed by atoms with E-state index in [0.29, 0.717) is 18.5 Å². The first-order valence-corrected chi connectivity index (χ1v) is 10.8. The smallest absolute Gasteiger partial charge is 0.254 e. The molecule has 5 rings (SSSR count). The second kappa shape index (κ2) is 7.29. The number of aryl methyl sites for hydroxylation is 1. The number of piperidine rings is 1. The molecule has 0 N–H and O–H groups in total. The molecule has 0 spiro atoms. The van der Waals surface area contributed by atoms with Crippen molar-refractivity contribution in [1.82, 2.24) is 19.7 Å². The highest BCUT2D eigenvalue weighted by atomic mass is 16.2. The SMILES string of the molecule is Cc1nn(Cc2ccccc2)c2nc(C3CC3)cc(C(=O)N3CCCCC3C)c12. The Labute approximate surface area is 171 Å². The van der Waals surface area contributed by atoms with E-state index < -0.39 is 0 Å². The van der Waals surface area contributed by atoms with Crippen molar-refractivity contribution < 1.29 is 4.79 Å². The van der Waals surface area contributed by atoms with E-state index in [2.05, 4.69) is 30.0 Å². The molecular weight excluding hydrogens is 360 g/mol. The fraction of sp³-hybridized carbons (Fsp3) is 0.458. The molecule has 1 saturated carbocycles. The summed E-state index contributed by atoms with van der Waals surface area (Å²) in [5, 5.41) is 5.72. The van der Waals surface area contributed by atoms with E-state index >= 15 is 0 Å². The number of likely N-dealkylation sites (tertiary alicyclic amines) is 1. The maximum absolute atomic E-state index is 13.6. The summed E-state index contributed by atoms with van der Waals surface area (Å²) >= 11 is 0. The van der Waals surface area contributed by atoms with Crippen LogP contribution in [0, 0.1) is 6.92 Å². The lowest BCUT2D eigenvalue weighted by Crippen LogP contribution is -2.42. The van der Waals surface area contributed by atoms with E-state index in [1.54, 1.807) is 0 Å². The fourth-order valence-electron chi connectivity index (χ4n) is 4.55. The minimum atomic E-state index is 0.147. The molecule has 1 aromatic carbocycles. The summed E-state index contributed by atoms with van der Waals surface area (Å²) < 4.78 is 1.97. The third-order valence-corrected chi connectivity index (χ3v) is 6.36. The van der Waals surface area contributed by atoms with Crippen LogP contribution in [0.4, 0.5) is 0 Å². The number of carbonyl (C=O) groups excluding carboxylic acids is 1. The van der Waals surface area contributed by atoms with Crippen molar-refractivity contribution in [2.75, 3.05) is 6.54 Å². The summed E-state index contributed by atoms with van der Waals surface area (Å²) in [6.45, 7) is 5.68. The normalized spacial score (nSPS) is 19.7. The van der Waals surface area contributed by atoms with Gasteiger partial charge in [-0.2, -0.15) is 5.10 Å². The average molecular weight is 389 g/mol. The molecule has 1 atom stereocenters. The maximum atomic E-state index is 13.6. The minimum Gasteiger partial charge on any atom is -0.336 e. The maximum Gasteiger partial charge on any atom is 0.254 e. The van der Waals surface area contributed by atoms with Gasteiger partial charge in [0.2, 0.25) is 0 Å². The Morgan fingerprint density at radius 3 is 2.66 bits per heavy atom. The van der Waals surface area contributed by atoms with Gasteiger partial charge in [0.1, 0.15) is 0 Å². The average Bonchev–Trinajstić information content (AvgIpc) is 3.54. The highest BCUT2D eigenvalue weighted by molar-refractivity contribution is 6.06. The van der Waals surface area contributed by atoms with Crippen molar-refractivity contribution in [3.63, 3.8) is 0 Å². The van der Waals surface area contributed by atoms with Gasteiger partial charge in [-0.05, 0) is 57.6 Å². The van der Waals surface area contributed by atoms with Gasteiger partial charge in [0, 0.05) is 24.2 Å². The molecule has 0 bridgehead atoms. The van der Waals surface area contributed by atoms with Crippen molar-refractivity contribution in [2.45, 2.75) is 64.5 Å². The van der Waals surface area contributed by atoms with E-state index in [4.69, 9.17) is 10.1 Å². The summed E-state index contributed by atoms with van der Waals surface area (Å²) in [6.07, 6.45) is 5.71. The minimum absolute atomic E-state index is 0.147. The van der Waals surface area contributed by atoms with Crippen LogP contribution in [-0.4, -0.2) is 38.2 Å². The van der Waals surface area contributed by atoms with Gasteiger partial charge in [-0.15, -0.1) is 0 Å². The number of pyridine rings is 1. The van der Waals surface area contributed by atoms with E-state index in [1.807, 2.05) is 29.8 Å². The molecule has 1 saturated heterocycles. The zero-order chi connectivity index (χ0) is 20.0. The number of benzene rings is 1. The predicted octanol–water partition coefficient (Wildman–Crippen LogP) is 4.68. The van der Waals surface area contributed by atoms with Crippen molar-refractivity contribution >= 4 is 16.9 Å². The highest BCUT2D eigenvalue weighted by Gasteiger charge is 2.31. The molecule has 2 aromatic heterocycles. The Balaban J connectivity index is 1.62. The first kappa shape index (κ1) is 18.3. The molecule has 5 nitrogen and oxygen atoms in total. The van der Waals surface area contributed by atoms with Crippen LogP contribution in [0.2, 0.25) is 0 Å². The lowest BCUT2D eigenvalue weighted by Gasteiger charge is -2.33. The lowest BCUT2D eigenvalue weighted by atomic mass is 10.0. The first-order chi connectivity index (χ1) is 14.1. The Morgan fingerprint density at radius 1 is 1.14 bits per heavy atom. The van der Waals surface area contributed by atoms with Crippen molar-refractivity contribution in [1.29, 1.82) is 0 Å². The molecule has 1 unspecified atom stereocenters. The second-order valence-electron chi connectivity index (χ2n) is 8.64. The van der Waals surface area contributed by atoms with Crippen LogP contribution < -0.4 is 0 Å². The number of nitrogens with zero attached hydrogens (tertiary/aromatic N) is 4. The van der Waals surface area contributed by atoms with Gasteiger partial charge in [-0.1, -0.05) is 30.3 Å². The molecule has 2 fully saturated rings. The molecule has 5 heteroatoms. The molecule has 1 aliphatic carbocycles. The Morgan fingerprint density at radius 2 is 1.93 bits per heavy atom. The predicted molar refractivity (Wildman–Crippen MR) is 114 cm³/mol. The topological polar surface area (TPSA) is 51.0 Å². The van der Waals surface area contributed by atoms with Crippen LogP contribution in [-0.2, 0) is 6.54 Å². The largest absolute Gasteiger partial charge is 0.336 e. The monoisotopic (exact) mass is 388 g/mol. The number of aromatic nitrogens is 3. The standard InChI is InChI=1S/C24H28N4O/c1-16-8-6-7-13-27(16)24(29)20-14-21(19-11-12-19)25-23-22(20)17(2)26-28(23)15-18-9-4-3-5-10-18/h3-5,9-10,14,16,19H,6-8,11-13,15H2,1-2H3. The molecule has 2 aliphatic rings. The first-order valence-electron chi connectivity index (χ1n) is 10.8. The molecule has 29 heavy (non-hydrogen) atoms. The summed E-state index contributed by atoms with van der Waals surface area (Å²) in [7, 11) is 0. The Bertz CT molecular complexity index is 1050. The van der Waals surface area contributed by atoms with Crippen LogP contribution in [0.25, 0.3) is 11.0 Å². The number of hydrogen-bond donors (Lipinski definition) is 0. The number of amides is 1. The second-order valence-corrected chi connectivity index (χ2v) is 8.64. The van der Waals surface area contributed by atoms with Gasteiger partial charge in [0.15, 0.2) is 5.65 Å². The van der Waals surface area contributed by atoms with Crippen LogP contribution in [0.5, 0.6) is 0 Å².